The van der Waals surface area contributed by atoms with Gasteiger partial charge in [-0.25, -0.2) is 4.79 Å². The molecule has 0 N–H and O–H groups in total. The summed E-state index contributed by atoms with van der Waals surface area (Å²) in [6, 6.07) is 6.28. The van der Waals surface area contributed by atoms with E-state index in [4.69, 9.17) is 21.1 Å². The van der Waals surface area contributed by atoms with E-state index in [1.165, 1.54) is 62.4 Å². The second-order valence-corrected chi connectivity index (χ2v) is 14.9. The van der Waals surface area contributed by atoms with Gasteiger partial charge in [-0.3, -0.25) is 0 Å². The Hall–Kier alpha value is -1.82. The second kappa shape index (κ2) is 13.8. The van der Waals surface area contributed by atoms with Gasteiger partial charge in [0.1, 0.15) is 19.5 Å². The quantitative estimate of drug-likeness (QED) is 0.106. The molecule has 8 aliphatic rings. The third-order valence-electron chi connectivity index (χ3n) is 11.7. The zero-order valence-electron chi connectivity index (χ0n) is 26.2. The Kier molecular flexibility index (Phi) is 10.3. The van der Waals surface area contributed by atoms with Crippen molar-refractivity contribution in [3.63, 3.8) is 0 Å². The molecule has 262 valence electrons. The molecule has 0 amide bonds. The van der Waals surface area contributed by atoms with E-state index in [9.17, 15) is 31.1 Å². The van der Waals surface area contributed by atoms with Crippen LogP contribution < -0.4 is 0 Å². The van der Waals surface area contributed by atoms with Gasteiger partial charge in [0.25, 0.3) is 0 Å². The molecule has 8 bridgehead atoms. The first-order valence-electron chi connectivity index (χ1n) is 16.8. The fourth-order valence-corrected chi connectivity index (χ4v) is 10.3. The van der Waals surface area contributed by atoms with Crippen LogP contribution in [0.2, 0.25) is 0 Å². The lowest BCUT2D eigenvalue weighted by atomic mass is 9.55. The summed E-state index contributed by atoms with van der Waals surface area (Å²) in [5.74, 6) is 2.49. The van der Waals surface area contributed by atoms with Gasteiger partial charge in [-0.15, -0.1) is 0 Å². The molecular formula is C35H43ClF6O5. The van der Waals surface area contributed by atoms with Crippen molar-refractivity contribution in [1.29, 1.82) is 0 Å². The van der Waals surface area contributed by atoms with Gasteiger partial charge in [0, 0.05) is 0 Å². The SMILES string of the molecule is C=Cc1ccc(COC(=O)C(OCOC2C3CC4CC(C3)CC2C4)(C(F)(F)F)C(F)(F)F)cc1.ClCOC1C2CC3CC(C2)CC1C3. The second-order valence-electron chi connectivity index (χ2n) is 14.7. The molecule has 8 saturated carbocycles. The number of esters is 1. The standard InChI is InChI=1S/C24H26F6O4.C11H17ClO/c1-2-14-3-5-15(6-4-14)12-32-21(31)22(23(25,26)27,24(28,29)30)34-13-33-20-18-8-16-7-17(10-18)11-19(20)9-16;12-6-13-11-9-2-7-1-8(4-9)5-10(11)3-7/h2-6,16-20H,1,7-13H2;7-11H,1-6H2. The molecule has 0 atom stereocenters. The molecule has 8 fully saturated rings. The van der Waals surface area contributed by atoms with Gasteiger partial charge in [0.15, 0.2) is 0 Å². The first kappa shape index (κ1) is 35.0. The first-order chi connectivity index (χ1) is 22.3. The fraction of sp³-hybridized carbons (Fsp3) is 0.743. The van der Waals surface area contributed by atoms with Crippen molar-refractivity contribution >= 4 is 23.6 Å². The van der Waals surface area contributed by atoms with E-state index >= 15 is 0 Å². The topological polar surface area (TPSA) is 54.0 Å². The molecule has 1 aromatic rings. The molecule has 47 heavy (non-hydrogen) atoms. The fourth-order valence-electron chi connectivity index (χ4n) is 10.2. The lowest BCUT2D eigenvalue weighted by molar-refractivity contribution is -0.385. The Morgan fingerprint density at radius 3 is 1.53 bits per heavy atom. The summed E-state index contributed by atoms with van der Waals surface area (Å²) >= 11 is 5.67. The van der Waals surface area contributed by atoms with Crippen LogP contribution in [0.3, 0.4) is 0 Å². The van der Waals surface area contributed by atoms with E-state index in [1.54, 1.807) is 0 Å². The predicted octanol–water partition coefficient (Wildman–Crippen LogP) is 9.08. The van der Waals surface area contributed by atoms with Gasteiger partial charge in [-0.05, 0) is 123 Å². The van der Waals surface area contributed by atoms with Crippen molar-refractivity contribution in [2.24, 2.45) is 47.3 Å². The molecular weight excluding hydrogens is 650 g/mol. The van der Waals surface area contributed by atoms with Crippen LogP contribution in [0.4, 0.5) is 26.3 Å². The van der Waals surface area contributed by atoms with Crippen LogP contribution in [0, 0.1) is 47.3 Å². The highest BCUT2D eigenvalue weighted by atomic mass is 35.5. The lowest BCUT2D eigenvalue weighted by Crippen LogP contribution is -2.65. The molecule has 8 aliphatic carbocycles. The van der Waals surface area contributed by atoms with Gasteiger partial charge in [0.05, 0.1) is 12.2 Å². The summed E-state index contributed by atoms with van der Waals surface area (Å²) in [6.45, 7) is 1.45. The van der Waals surface area contributed by atoms with Crippen LogP contribution in [0.1, 0.15) is 75.3 Å². The summed E-state index contributed by atoms with van der Waals surface area (Å²) in [5.41, 5.74) is -4.25. The highest BCUT2D eigenvalue weighted by Crippen LogP contribution is 2.56. The number of halogens is 7. The van der Waals surface area contributed by atoms with Crippen molar-refractivity contribution in [3.05, 3.63) is 42.0 Å². The molecule has 0 aliphatic heterocycles. The number of carbonyl (C=O) groups is 1. The molecule has 9 rings (SSSR count). The van der Waals surface area contributed by atoms with Gasteiger partial charge in [-0.2, -0.15) is 26.3 Å². The van der Waals surface area contributed by atoms with Gasteiger partial charge in [0.2, 0.25) is 0 Å². The zero-order valence-corrected chi connectivity index (χ0v) is 27.0. The molecule has 0 saturated heterocycles. The Balaban J connectivity index is 0.000000244. The Labute approximate surface area is 276 Å². The molecule has 0 spiro atoms. The smallest absolute Gasteiger partial charge is 0.437 e. The minimum Gasteiger partial charge on any atom is -0.458 e. The Morgan fingerprint density at radius 1 is 0.723 bits per heavy atom. The predicted molar refractivity (Wildman–Crippen MR) is 162 cm³/mol. The minimum atomic E-state index is -6.11. The Bertz CT molecular complexity index is 1180. The van der Waals surface area contributed by atoms with Crippen molar-refractivity contribution in [1.82, 2.24) is 0 Å². The summed E-state index contributed by atoms with van der Waals surface area (Å²) in [4.78, 5) is 12.3. The largest absolute Gasteiger partial charge is 0.458 e. The summed E-state index contributed by atoms with van der Waals surface area (Å²) in [6.07, 6.45) is 1.11. The van der Waals surface area contributed by atoms with Crippen LogP contribution in [0.5, 0.6) is 0 Å². The van der Waals surface area contributed by atoms with Crippen LogP contribution in [0.25, 0.3) is 6.08 Å². The average molecular weight is 693 g/mol. The first-order valence-corrected chi connectivity index (χ1v) is 17.3. The normalized spacial score (nSPS) is 35.4. The number of rotatable bonds is 10. The monoisotopic (exact) mass is 692 g/mol. The molecule has 0 unspecified atom stereocenters. The van der Waals surface area contributed by atoms with Gasteiger partial charge in [-0.1, -0.05) is 48.5 Å². The van der Waals surface area contributed by atoms with Crippen LogP contribution >= 0.6 is 11.6 Å². The van der Waals surface area contributed by atoms with E-state index in [0.717, 1.165) is 55.8 Å². The summed E-state index contributed by atoms with van der Waals surface area (Å²) < 4.78 is 103. The lowest BCUT2D eigenvalue weighted by Gasteiger charge is -2.54. The number of carbonyl (C=O) groups excluding carboxylic acids is 1. The summed E-state index contributed by atoms with van der Waals surface area (Å²) in [5, 5.41) is 0. The molecule has 12 heteroatoms. The number of benzene rings is 1. The van der Waals surface area contributed by atoms with E-state index in [1.807, 2.05) is 0 Å². The zero-order chi connectivity index (χ0) is 33.6. The highest BCUT2D eigenvalue weighted by Gasteiger charge is 2.79. The van der Waals surface area contributed by atoms with Gasteiger partial charge < -0.3 is 18.9 Å². The van der Waals surface area contributed by atoms with Crippen LogP contribution in [0.15, 0.2) is 30.8 Å². The molecule has 0 heterocycles. The van der Waals surface area contributed by atoms with E-state index in [2.05, 4.69) is 16.1 Å². The third-order valence-corrected chi connectivity index (χ3v) is 11.9. The van der Waals surface area contributed by atoms with Crippen molar-refractivity contribution in [2.75, 3.05) is 12.9 Å². The minimum absolute atomic E-state index is 0.0940. The van der Waals surface area contributed by atoms with Crippen molar-refractivity contribution in [2.45, 2.75) is 101 Å². The maximum absolute atomic E-state index is 13.8. The summed E-state index contributed by atoms with van der Waals surface area (Å²) in [7, 11) is 0. The van der Waals surface area contributed by atoms with Gasteiger partial charge >= 0.3 is 23.9 Å². The Morgan fingerprint density at radius 2 is 1.15 bits per heavy atom. The highest BCUT2D eigenvalue weighted by molar-refractivity contribution is 6.17. The average Bonchev–Trinajstić information content (AvgIpc) is 2.99. The number of hydrogen-bond acceptors (Lipinski definition) is 5. The third kappa shape index (κ3) is 7.11. The van der Waals surface area contributed by atoms with Crippen LogP contribution in [-0.4, -0.2) is 49.0 Å². The number of ether oxygens (including phenoxy) is 4. The molecule has 0 radical (unpaired) electrons. The molecule has 1 aromatic carbocycles. The van der Waals surface area contributed by atoms with Crippen LogP contribution in [-0.2, 0) is 30.3 Å². The molecule has 0 aromatic heterocycles. The van der Waals surface area contributed by atoms with E-state index in [-0.39, 0.29) is 17.4 Å². The van der Waals surface area contributed by atoms with E-state index in [0.29, 0.717) is 29.6 Å². The van der Waals surface area contributed by atoms with Crippen molar-refractivity contribution < 1.29 is 50.1 Å². The number of hydrogen-bond donors (Lipinski definition) is 0. The maximum Gasteiger partial charge on any atom is 0.437 e. The molecule has 5 nitrogen and oxygen atoms in total. The van der Waals surface area contributed by atoms with E-state index < -0.39 is 43.4 Å². The van der Waals surface area contributed by atoms with Crippen molar-refractivity contribution in [3.8, 4) is 0 Å². The number of alkyl halides is 7. The maximum atomic E-state index is 13.8.